The van der Waals surface area contributed by atoms with Crippen LogP contribution in [0.3, 0.4) is 0 Å². The molecule has 2 aromatic heterocycles. The van der Waals surface area contributed by atoms with Crippen LogP contribution in [0.25, 0.3) is 11.6 Å². The van der Waals surface area contributed by atoms with Crippen molar-refractivity contribution in [1.29, 1.82) is 0 Å². The van der Waals surface area contributed by atoms with Crippen LogP contribution in [0.2, 0.25) is 0 Å². The van der Waals surface area contributed by atoms with Gasteiger partial charge >= 0.3 is 0 Å². The molecule has 29 heavy (non-hydrogen) atoms. The number of rotatable bonds is 6. The average Bonchev–Trinajstić information content (AvgIpc) is 3.54. The number of nitrogens with zero attached hydrogens (tertiary/aromatic N) is 4. The van der Waals surface area contributed by atoms with E-state index in [0.717, 1.165) is 44.1 Å². The standard InChI is InChI=1S/C20H29N7O2/c1-21-20(22-10-8-17-24-18(26-25-17)16-7-4-12-29-16)23-15-9-11-27(13-15)19(28)14-5-2-3-6-14/h4,7,12,14-15H,2-3,5-6,8-11,13H2,1H3,(H2,21,22,23)(H,24,25,26). The van der Waals surface area contributed by atoms with E-state index in [1.807, 2.05) is 17.0 Å². The zero-order valence-electron chi connectivity index (χ0n) is 16.9. The summed E-state index contributed by atoms with van der Waals surface area (Å²) in [4.78, 5) is 23.4. The van der Waals surface area contributed by atoms with Crippen LogP contribution in [0.15, 0.2) is 27.8 Å². The minimum absolute atomic E-state index is 0.238. The maximum absolute atomic E-state index is 12.6. The summed E-state index contributed by atoms with van der Waals surface area (Å²) in [6, 6.07) is 3.88. The van der Waals surface area contributed by atoms with E-state index in [9.17, 15) is 4.79 Å². The lowest BCUT2D eigenvalue weighted by atomic mass is 10.1. The monoisotopic (exact) mass is 399 g/mol. The Hall–Kier alpha value is -2.84. The maximum atomic E-state index is 12.6. The van der Waals surface area contributed by atoms with Crippen molar-refractivity contribution in [3.8, 4) is 11.6 Å². The molecule has 3 heterocycles. The Morgan fingerprint density at radius 1 is 1.38 bits per heavy atom. The first-order chi connectivity index (χ1) is 14.2. The van der Waals surface area contributed by atoms with Crippen molar-refractivity contribution in [3.63, 3.8) is 0 Å². The summed E-state index contributed by atoms with van der Waals surface area (Å²) in [7, 11) is 1.76. The Balaban J connectivity index is 1.20. The van der Waals surface area contributed by atoms with E-state index in [2.05, 4.69) is 30.8 Å². The van der Waals surface area contributed by atoms with Crippen molar-refractivity contribution in [1.82, 2.24) is 30.7 Å². The molecule has 1 aliphatic heterocycles. The van der Waals surface area contributed by atoms with Crippen LogP contribution in [-0.2, 0) is 11.2 Å². The van der Waals surface area contributed by atoms with E-state index < -0.39 is 0 Å². The van der Waals surface area contributed by atoms with Crippen molar-refractivity contribution in [2.24, 2.45) is 10.9 Å². The predicted octanol–water partition coefficient (Wildman–Crippen LogP) is 1.56. The van der Waals surface area contributed by atoms with Crippen LogP contribution < -0.4 is 10.6 Å². The second-order valence-electron chi connectivity index (χ2n) is 7.73. The largest absolute Gasteiger partial charge is 0.461 e. The third-order valence-electron chi connectivity index (χ3n) is 5.70. The third kappa shape index (κ3) is 4.78. The first kappa shape index (κ1) is 19.5. The summed E-state index contributed by atoms with van der Waals surface area (Å²) in [6.45, 7) is 2.26. The molecule has 0 radical (unpaired) electrons. The number of aliphatic imine (C=N–C) groups is 1. The van der Waals surface area contributed by atoms with E-state index in [-0.39, 0.29) is 12.0 Å². The van der Waals surface area contributed by atoms with Gasteiger partial charge in [-0.25, -0.2) is 4.98 Å². The van der Waals surface area contributed by atoms with Crippen molar-refractivity contribution in [2.75, 3.05) is 26.7 Å². The minimum Gasteiger partial charge on any atom is -0.461 e. The first-order valence-electron chi connectivity index (χ1n) is 10.4. The summed E-state index contributed by atoms with van der Waals surface area (Å²) >= 11 is 0. The van der Waals surface area contributed by atoms with Gasteiger partial charge in [0.1, 0.15) is 5.82 Å². The van der Waals surface area contributed by atoms with Crippen molar-refractivity contribution < 1.29 is 9.21 Å². The molecule has 0 aromatic carbocycles. The zero-order chi connectivity index (χ0) is 20.1. The van der Waals surface area contributed by atoms with Gasteiger partial charge in [-0.3, -0.25) is 14.9 Å². The molecule has 1 amide bonds. The van der Waals surface area contributed by atoms with Gasteiger partial charge in [0.25, 0.3) is 0 Å². The van der Waals surface area contributed by atoms with Crippen LogP contribution in [0.5, 0.6) is 0 Å². The normalized spacial score (nSPS) is 20.4. The molecule has 2 aromatic rings. The molecule has 156 valence electrons. The number of furan rings is 1. The summed E-state index contributed by atoms with van der Waals surface area (Å²) in [5.41, 5.74) is 0. The number of amides is 1. The van der Waals surface area contributed by atoms with Crippen LogP contribution in [0.4, 0.5) is 0 Å². The quantitative estimate of drug-likeness (QED) is 0.502. The van der Waals surface area contributed by atoms with Crippen LogP contribution in [0.1, 0.15) is 37.9 Å². The summed E-state index contributed by atoms with van der Waals surface area (Å²) < 4.78 is 5.31. The molecule has 1 aliphatic carbocycles. The molecule has 4 rings (SSSR count). The Kier molecular flexibility index (Phi) is 6.12. The average molecular weight is 399 g/mol. The van der Waals surface area contributed by atoms with Gasteiger partial charge in [0.15, 0.2) is 11.7 Å². The number of hydrogen-bond acceptors (Lipinski definition) is 5. The summed E-state index contributed by atoms with van der Waals surface area (Å²) in [6.07, 6.45) is 7.74. The molecular weight excluding hydrogens is 370 g/mol. The number of carbonyl (C=O) groups excluding carboxylic acids is 1. The lowest BCUT2D eigenvalue weighted by Crippen LogP contribution is -2.45. The van der Waals surface area contributed by atoms with Gasteiger partial charge in [-0.2, -0.15) is 5.10 Å². The van der Waals surface area contributed by atoms with Crippen molar-refractivity contribution in [3.05, 3.63) is 24.2 Å². The fourth-order valence-corrected chi connectivity index (χ4v) is 4.12. The fourth-order valence-electron chi connectivity index (χ4n) is 4.12. The minimum atomic E-state index is 0.238. The first-order valence-corrected chi connectivity index (χ1v) is 10.4. The molecule has 1 saturated heterocycles. The highest BCUT2D eigenvalue weighted by atomic mass is 16.3. The second kappa shape index (κ2) is 9.11. The molecular formula is C20H29N7O2. The number of nitrogens with one attached hydrogen (secondary N) is 3. The molecule has 1 saturated carbocycles. The van der Waals surface area contributed by atoms with Crippen LogP contribution in [-0.4, -0.2) is 64.7 Å². The number of carbonyl (C=O) groups is 1. The van der Waals surface area contributed by atoms with Gasteiger partial charge < -0.3 is 20.0 Å². The smallest absolute Gasteiger partial charge is 0.225 e. The van der Waals surface area contributed by atoms with E-state index in [4.69, 9.17) is 4.42 Å². The van der Waals surface area contributed by atoms with Gasteiger partial charge in [0, 0.05) is 45.1 Å². The molecule has 2 fully saturated rings. The van der Waals surface area contributed by atoms with Gasteiger partial charge in [-0.1, -0.05) is 12.8 Å². The van der Waals surface area contributed by atoms with Gasteiger partial charge in [0.05, 0.1) is 6.26 Å². The number of H-pyrrole nitrogens is 1. The highest BCUT2D eigenvalue weighted by Gasteiger charge is 2.32. The molecule has 3 N–H and O–H groups in total. The van der Waals surface area contributed by atoms with Crippen molar-refractivity contribution in [2.45, 2.75) is 44.6 Å². The summed E-state index contributed by atoms with van der Waals surface area (Å²) in [5.74, 6) is 3.33. The lowest BCUT2D eigenvalue weighted by molar-refractivity contribution is -0.134. The molecule has 0 bridgehead atoms. The lowest BCUT2D eigenvalue weighted by Gasteiger charge is -2.21. The van der Waals surface area contributed by atoms with Crippen LogP contribution in [0, 0.1) is 5.92 Å². The maximum Gasteiger partial charge on any atom is 0.225 e. The Bertz CT molecular complexity index is 824. The highest BCUT2D eigenvalue weighted by Crippen LogP contribution is 2.27. The Labute approximate surface area is 170 Å². The molecule has 1 atom stereocenters. The fraction of sp³-hybridized carbons (Fsp3) is 0.600. The highest BCUT2D eigenvalue weighted by molar-refractivity contribution is 5.81. The SMILES string of the molecule is CN=C(NCCc1nc(-c2ccco2)n[nH]1)NC1CCN(C(=O)C2CCCC2)C1. The number of guanidine groups is 1. The van der Waals surface area contributed by atoms with E-state index >= 15 is 0 Å². The third-order valence-corrected chi connectivity index (χ3v) is 5.70. The number of likely N-dealkylation sites (tertiary alicyclic amines) is 1. The van der Waals surface area contributed by atoms with Gasteiger partial charge in [0.2, 0.25) is 11.7 Å². The molecule has 9 heteroatoms. The van der Waals surface area contributed by atoms with Crippen LogP contribution >= 0.6 is 0 Å². The van der Waals surface area contributed by atoms with E-state index in [1.54, 1.807) is 13.3 Å². The molecule has 0 spiro atoms. The predicted molar refractivity (Wildman–Crippen MR) is 109 cm³/mol. The number of hydrogen-bond donors (Lipinski definition) is 3. The molecule has 2 aliphatic rings. The van der Waals surface area contributed by atoms with E-state index in [1.165, 1.54) is 12.8 Å². The summed E-state index contributed by atoms with van der Waals surface area (Å²) in [5, 5.41) is 13.9. The zero-order valence-corrected chi connectivity index (χ0v) is 16.9. The van der Waals surface area contributed by atoms with Gasteiger partial charge in [-0.15, -0.1) is 0 Å². The Morgan fingerprint density at radius 2 is 2.24 bits per heavy atom. The van der Waals surface area contributed by atoms with E-state index in [0.29, 0.717) is 30.5 Å². The topological polar surface area (TPSA) is 111 Å². The van der Waals surface area contributed by atoms with Gasteiger partial charge in [-0.05, 0) is 31.4 Å². The Morgan fingerprint density at radius 3 is 3.00 bits per heavy atom. The molecule has 1 unspecified atom stereocenters. The molecule has 9 nitrogen and oxygen atoms in total. The number of aromatic nitrogens is 3. The second-order valence-corrected chi connectivity index (χ2v) is 7.73. The number of aromatic amines is 1. The van der Waals surface area contributed by atoms with Crippen molar-refractivity contribution >= 4 is 11.9 Å².